The third-order valence-corrected chi connectivity index (χ3v) is 4.78. The van der Waals surface area contributed by atoms with Gasteiger partial charge in [-0.1, -0.05) is 12.1 Å². The Balaban J connectivity index is 1.78. The molecule has 0 aliphatic heterocycles. The highest BCUT2D eigenvalue weighted by atomic mass is 16.5. The minimum Gasteiger partial charge on any atom is -0.497 e. The molecule has 0 fully saturated rings. The van der Waals surface area contributed by atoms with Gasteiger partial charge in [0.25, 0.3) is 0 Å². The molecule has 0 bridgehead atoms. The Labute approximate surface area is 187 Å². The molecule has 0 radical (unpaired) electrons. The van der Waals surface area contributed by atoms with E-state index >= 15 is 0 Å². The molecule has 0 spiro atoms. The lowest BCUT2D eigenvalue weighted by Gasteiger charge is -2.11. The summed E-state index contributed by atoms with van der Waals surface area (Å²) in [7, 11) is 4.66. The summed E-state index contributed by atoms with van der Waals surface area (Å²) in [5.74, 6) is 2.18. The standard InChI is InChI=1S/C26H23NO5/c1-29-22-10-13-26(31-3)23(15-22)24(28)11-6-18-7-12-25(30-2)20(14-18)17-32-21-8-4-19(16-27)5-9-21/h4-15H,17H2,1-3H3/b11-6+. The Morgan fingerprint density at radius 3 is 2.22 bits per heavy atom. The molecule has 0 aliphatic rings. The van der Waals surface area contributed by atoms with Crippen LogP contribution < -0.4 is 18.9 Å². The van der Waals surface area contributed by atoms with Gasteiger partial charge < -0.3 is 18.9 Å². The zero-order valence-electron chi connectivity index (χ0n) is 18.1. The zero-order chi connectivity index (χ0) is 22.9. The first kappa shape index (κ1) is 22.4. The van der Waals surface area contributed by atoms with E-state index in [1.165, 1.54) is 13.2 Å². The minimum absolute atomic E-state index is 0.202. The van der Waals surface area contributed by atoms with Crippen LogP contribution in [0.3, 0.4) is 0 Å². The quantitative estimate of drug-likeness (QED) is 0.350. The van der Waals surface area contributed by atoms with Crippen LogP contribution in [0.5, 0.6) is 23.0 Å². The van der Waals surface area contributed by atoms with Crippen molar-refractivity contribution >= 4 is 11.9 Å². The van der Waals surface area contributed by atoms with Crippen LogP contribution in [0.15, 0.2) is 66.7 Å². The first-order valence-electron chi connectivity index (χ1n) is 9.82. The Morgan fingerprint density at radius 2 is 1.56 bits per heavy atom. The van der Waals surface area contributed by atoms with Gasteiger partial charge in [-0.15, -0.1) is 0 Å². The second-order valence-corrected chi connectivity index (χ2v) is 6.76. The maximum Gasteiger partial charge on any atom is 0.189 e. The fourth-order valence-electron chi connectivity index (χ4n) is 3.07. The molecule has 162 valence electrons. The summed E-state index contributed by atoms with van der Waals surface area (Å²) >= 11 is 0. The molecular weight excluding hydrogens is 406 g/mol. The number of hydrogen-bond acceptors (Lipinski definition) is 6. The van der Waals surface area contributed by atoms with Crippen molar-refractivity contribution in [1.82, 2.24) is 0 Å². The number of carbonyl (C=O) groups excluding carboxylic acids is 1. The van der Waals surface area contributed by atoms with Crippen molar-refractivity contribution in [3.05, 3.63) is 89.0 Å². The largest absolute Gasteiger partial charge is 0.497 e. The van der Waals surface area contributed by atoms with Crippen LogP contribution in [0, 0.1) is 11.3 Å². The van der Waals surface area contributed by atoms with Gasteiger partial charge in [-0.3, -0.25) is 4.79 Å². The minimum atomic E-state index is -0.202. The van der Waals surface area contributed by atoms with E-state index in [0.717, 1.165) is 11.1 Å². The van der Waals surface area contributed by atoms with E-state index in [9.17, 15) is 4.79 Å². The third kappa shape index (κ3) is 5.46. The van der Waals surface area contributed by atoms with Crippen LogP contribution in [-0.2, 0) is 6.61 Å². The number of nitrogens with zero attached hydrogens (tertiary/aromatic N) is 1. The Kier molecular flexibility index (Phi) is 7.50. The number of nitriles is 1. The van der Waals surface area contributed by atoms with Crippen molar-refractivity contribution in [2.45, 2.75) is 6.61 Å². The normalized spacial score (nSPS) is 10.4. The molecule has 32 heavy (non-hydrogen) atoms. The van der Waals surface area contributed by atoms with Crippen LogP contribution in [0.4, 0.5) is 0 Å². The molecule has 6 heteroatoms. The number of ketones is 1. The fraction of sp³-hybridized carbons (Fsp3) is 0.154. The third-order valence-electron chi connectivity index (χ3n) is 4.78. The predicted molar refractivity (Wildman–Crippen MR) is 121 cm³/mol. The lowest BCUT2D eigenvalue weighted by Crippen LogP contribution is -2.00. The monoisotopic (exact) mass is 429 g/mol. The van der Waals surface area contributed by atoms with Gasteiger partial charge in [0.15, 0.2) is 5.78 Å². The van der Waals surface area contributed by atoms with Gasteiger partial charge in [-0.25, -0.2) is 0 Å². The van der Waals surface area contributed by atoms with Crippen LogP contribution >= 0.6 is 0 Å². The smallest absolute Gasteiger partial charge is 0.189 e. The molecule has 0 saturated carbocycles. The molecule has 0 aromatic heterocycles. The number of allylic oxidation sites excluding steroid dienone is 1. The summed E-state index contributed by atoms with van der Waals surface area (Å²) in [4.78, 5) is 12.7. The number of benzene rings is 3. The van der Waals surface area contributed by atoms with Gasteiger partial charge >= 0.3 is 0 Å². The highest BCUT2D eigenvalue weighted by Crippen LogP contribution is 2.26. The van der Waals surface area contributed by atoms with E-state index in [2.05, 4.69) is 6.07 Å². The second kappa shape index (κ2) is 10.7. The molecule has 0 saturated heterocycles. The van der Waals surface area contributed by atoms with E-state index in [0.29, 0.717) is 34.1 Å². The number of carbonyl (C=O) groups is 1. The van der Waals surface area contributed by atoms with E-state index < -0.39 is 0 Å². The van der Waals surface area contributed by atoms with Crippen molar-refractivity contribution in [3.63, 3.8) is 0 Å². The molecule has 0 amide bonds. The molecule has 0 N–H and O–H groups in total. The lowest BCUT2D eigenvalue weighted by atomic mass is 10.1. The molecular formula is C26H23NO5. The Bertz CT molecular complexity index is 1160. The number of methoxy groups -OCH3 is 3. The summed E-state index contributed by atoms with van der Waals surface area (Å²) in [6.45, 7) is 0.272. The fourth-order valence-corrected chi connectivity index (χ4v) is 3.07. The number of ether oxygens (including phenoxy) is 4. The molecule has 3 rings (SSSR count). The van der Waals surface area contributed by atoms with Gasteiger partial charge in [0.2, 0.25) is 0 Å². The van der Waals surface area contributed by atoms with Crippen LogP contribution in [0.2, 0.25) is 0 Å². The summed E-state index contributed by atoms with van der Waals surface area (Å²) < 4.78 is 21.8. The van der Waals surface area contributed by atoms with Crippen molar-refractivity contribution < 1.29 is 23.7 Å². The maximum atomic E-state index is 12.7. The number of hydrogen-bond donors (Lipinski definition) is 0. The summed E-state index contributed by atoms with van der Waals surface area (Å²) in [6, 6.07) is 19.6. The highest BCUT2D eigenvalue weighted by molar-refractivity contribution is 6.08. The molecule has 6 nitrogen and oxygen atoms in total. The van der Waals surface area contributed by atoms with Gasteiger partial charge in [-0.2, -0.15) is 5.26 Å². The first-order chi connectivity index (χ1) is 15.6. The van der Waals surface area contributed by atoms with Crippen molar-refractivity contribution in [1.29, 1.82) is 5.26 Å². The van der Waals surface area contributed by atoms with Gasteiger partial charge in [0.05, 0.1) is 38.5 Å². The number of rotatable bonds is 9. The Morgan fingerprint density at radius 1 is 0.875 bits per heavy atom. The van der Waals surface area contributed by atoms with Crippen molar-refractivity contribution in [2.24, 2.45) is 0 Å². The molecule has 0 aliphatic carbocycles. The average Bonchev–Trinajstić information content (AvgIpc) is 2.85. The van der Waals surface area contributed by atoms with Gasteiger partial charge in [0, 0.05) is 5.56 Å². The van der Waals surface area contributed by atoms with Crippen LogP contribution in [0.1, 0.15) is 27.0 Å². The van der Waals surface area contributed by atoms with Crippen molar-refractivity contribution in [2.75, 3.05) is 21.3 Å². The molecule has 0 atom stereocenters. The predicted octanol–water partition coefficient (Wildman–Crippen LogP) is 5.06. The van der Waals surface area contributed by atoms with Crippen molar-refractivity contribution in [3.8, 4) is 29.1 Å². The van der Waals surface area contributed by atoms with Gasteiger partial charge in [-0.05, 0) is 66.2 Å². The van der Waals surface area contributed by atoms with E-state index in [1.54, 1.807) is 62.8 Å². The van der Waals surface area contributed by atoms with E-state index in [1.807, 2.05) is 18.2 Å². The molecule has 3 aromatic carbocycles. The highest BCUT2D eigenvalue weighted by Gasteiger charge is 2.11. The first-order valence-corrected chi connectivity index (χ1v) is 9.82. The molecule has 0 unspecified atom stereocenters. The van der Waals surface area contributed by atoms with Gasteiger partial charge in [0.1, 0.15) is 29.6 Å². The maximum absolute atomic E-state index is 12.7. The summed E-state index contributed by atoms with van der Waals surface area (Å²) in [6.07, 6.45) is 3.22. The topological polar surface area (TPSA) is 77.8 Å². The zero-order valence-corrected chi connectivity index (χ0v) is 18.1. The molecule has 0 heterocycles. The van der Waals surface area contributed by atoms with Crippen LogP contribution in [0.25, 0.3) is 6.08 Å². The lowest BCUT2D eigenvalue weighted by molar-refractivity contribution is 0.104. The van der Waals surface area contributed by atoms with E-state index in [4.69, 9.17) is 24.2 Å². The Hall–Kier alpha value is -4.24. The summed E-state index contributed by atoms with van der Waals surface area (Å²) in [5.41, 5.74) is 2.63. The molecule has 3 aromatic rings. The average molecular weight is 429 g/mol. The van der Waals surface area contributed by atoms with E-state index in [-0.39, 0.29) is 12.4 Å². The SMILES string of the molecule is COc1ccc(OC)c(C(=O)/C=C/c2ccc(OC)c(COc3ccc(C#N)cc3)c2)c1. The second-order valence-electron chi connectivity index (χ2n) is 6.76. The van der Waals surface area contributed by atoms with Crippen LogP contribution in [-0.4, -0.2) is 27.1 Å². The summed E-state index contributed by atoms with van der Waals surface area (Å²) in [5, 5.41) is 8.90.